The van der Waals surface area contributed by atoms with E-state index in [2.05, 4.69) is 5.32 Å². The number of hydrogen-bond acceptors (Lipinski definition) is 6. The Hall–Kier alpha value is -3.95. The number of carbonyl (C=O) groups is 3. The summed E-state index contributed by atoms with van der Waals surface area (Å²) in [5.74, 6) is -0.992. The van der Waals surface area contributed by atoms with Gasteiger partial charge in [0.1, 0.15) is 11.3 Å². The van der Waals surface area contributed by atoms with Crippen LogP contribution >= 0.6 is 0 Å². The standard InChI is InChI=1S/C24H26N4O6/c1-14-11-16(15(2)26(14)20-10-9-18(28(32)33)13-21(20)34-3)12-19-22(29)25-24(31)27(23(19)30)17-7-5-4-6-8-17/h9-13,17H,4-8H2,1-3H3,(H,25,29,31). The number of methoxy groups -OCH3 is 1. The molecule has 34 heavy (non-hydrogen) atoms. The molecule has 2 aromatic rings. The number of urea groups is 1. The Morgan fingerprint density at radius 1 is 1.12 bits per heavy atom. The number of rotatable bonds is 5. The Morgan fingerprint density at radius 2 is 1.82 bits per heavy atom. The second kappa shape index (κ2) is 9.12. The first kappa shape index (κ1) is 23.2. The number of aryl methyl sites for hydroxylation is 1. The summed E-state index contributed by atoms with van der Waals surface area (Å²) < 4.78 is 7.22. The van der Waals surface area contributed by atoms with Gasteiger partial charge in [0.05, 0.1) is 23.8 Å². The van der Waals surface area contributed by atoms with Gasteiger partial charge < -0.3 is 9.30 Å². The SMILES string of the molecule is COc1cc([N+](=O)[O-])ccc1-n1c(C)cc(C=C2C(=O)NC(=O)N(C3CCCCC3)C2=O)c1C. The number of nitro groups is 1. The number of ether oxygens (including phenoxy) is 1. The van der Waals surface area contributed by atoms with Crippen molar-refractivity contribution in [2.45, 2.75) is 52.0 Å². The van der Waals surface area contributed by atoms with Crippen LogP contribution in [-0.4, -0.2) is 45.4 Å². The van der Waals surface area contributed by atoms with Crippen LogP contribution in [-0.2, 0) is 9.59 Å². The Bertz CT molecular complexity index is 1220. The predicted molar refractivity (Wildman–Crippen MR) is 124 cm³/mol. The van der Waals surface area contributed by atoms with E-state index in [0.717, 1.165) is 37.8 Å². The van der Waals surface area contributed by atoms with Gasteiger partial charge in [0.25, 0.3) is 17.5 Å². The molecule has 10 nitrogen and oxygen atoms in total. The summed E-state index contributed by atoms with van der Waals surface area (Å²) in [4.78, 5) is 50.1. The van der Waals surface area contributed by atoms with Crippen molar-refractivity contribution < 1.29 is 24.0 Å². The molecule has 1 saturated carbocycles. The maximum Gasteiger partial charge on any atom is 0.331 e. The van der Waals surface area contributed by atoms with E-state index in [1.165, 1.54) is 30.2 Å². The van der Waals surface area contributed by atoms with E-state index in [4.69, 9.17) is 4.74 Å². The van der Waals surface area contributed by atoms with Gasteiger partial charge in [-0.2, -0.15) is 0 Å². The number of hydrogen-bond donors (Lipinski definition) is 1. The lowest BCUT2D eigenvalue weighted by Gasteiger charge is -2.35. The molecule has 178 valence electrons. The summed E-state index contributed by atoms with van der Waals surface area (Å²) in [6.45, 7) is 3.66. The van der Waals surface area contributed by atoms with Crippen LogP contribution in [0.4, 0.5) is 10.5 Å². The normalized spacial score (nSPS) is 18.4. The average molecular weight is 466 g/mol. The van der Waals surface area contributed by atoms with E-state index >= 15 is 0 Å². The van der Waals surface area contributed by atoms with Crippen molar-refractivity contribution in [3.63, 3.8) is 0 Å². The zero-order valence-electron chi connectivity index (χ0n) is 19.3. The summed E-state index contributed by atoms with van der Waals surface area (Å²) in [5.41, 5.74) is 2.50. The third-order valence-electron chi connectivity index (χ3n) is 6.46. The molecule has 4 rings (SSSR count). The lowest BCUT2D eigenvalue weighted by molar-refractivity contribution is -0.384. The fourth-order valence-electron chi connectivity index (χ4n) is 4.77. The number of imide groups is 2. The molecular formula is C24H26N4O6. The monoisotopic (exact) mass is 466 g/mol. The van der Waals surface area contributed by atoms with Gasteiger partial charge in [0.15, 0.2) is 0 Å². The molecule has 4 amide bonds. The molecule has 0 spiro atoms. The lowest BCUT2D eigenvalue weighted by atomic mass is 9.93. The molecule has 2 aliphatic rings. The number of benzene rings is 1. The van der Waals surface area contributed by atoms with Crippen molar-refractivity contribution >= 4 is 29.6 Å². The molecule has 2 heterocycles. The highest BCUT2D eigenvalue weighted by molar-refractivity contribution is 6.31. The van der Waals surface area contributed by atoms with Crippen LogP contribution in [0.5, 0.6) is 5.75 Å². The molecule has 2 fully saturated rings. The topological polar surface area (TPSA) is 124 Å². The molecule has 1 aliphatic carbocycles. The first-order valence-corrected chi connectivity index (χ1v) is 11.1. The van der Waals surface area contributed by atoms with Crippen molar-refractivity contribution in [3.8, 4) is 11.4 Å². The van der Waals surface area contributed by atoms with Crippen LogP contribution in [0.2, 0.25) is 0 Å². The van der Waals surface area contributed by atoms with Crippen molar-refractivity contribution in [2.75, 3.05) is 7.11 Å². The Labute approximate surface area is 196 Å². The molecule has 1 aromatic heterocycles. The van der Waals surface area contributed by atoms with Gasteiger partial charge in [-0.15, -0.1) is 0 Å². The Balaban J connectivity index is 1.74. The van der Waals surface area contributed by atoms with Gasteiger partial charge in [-0.05, 0) is 50.5 Å². The summed E-state index contributed by atoms with van der Waals surface area (Å²) in [6.07, 6.45) is 5.90. The number of aromatic nitrogens is 1. The molecule has 1 N–H and O–H groups in total. The van der Waals surface area contributed by atoms with Crippen LogP contribution in [0.25, 0.3) is 11.8 Å². The van der Waals surface area contributed by atoms with Gasteiger partial charge in [-0.25, -0.2) is 4.79 Å². The van der Waals surface area contributed by atoms with Gasteiger partial charge in [0, 0.05) is 23.5 Å². The molecule has 1 aromatic carbocycles. The predicted octanol–water partition coefficient (Wildman–Crippen LogP) is 3.81. The zero-order valence-corrected chi connectivity index (χ0v) is 19.3. The fourth-order valence-corrected chi connectivity index (χ4v) is 4.77. The van der Waals surface area contributed by atoms with Gasteiger partial charge in [-0.1, -0.05) is 19.3 Å². The van der Waals surface area contributed by atoms with Crippen molar-refractivity contribution in [3.05, 3.63) is 56.9 Å². The highest BCUT2D eigenvalue weighted by Gasteiger charge is 2.40. The quantitative estimate of drug-likeness (QED) is 0.309. The van der Waals surface area contributed by atoms with Crippen LogP contribution < -0.4 is 10.1 Å². The lowest BCUT2D eigenvalue weighted by Crippen LogP contribution is -2.58. The van der Waals surface area contributed by atoms with Crippen LogP contribution in [0.15, 0.2) is 29.8 Å². The molecular weight excluding hydrogens is 440 g/mol. The number of nitrogens with one attached hydrogen (secondary N) is 1. The van der Waals surface area contributed by atoms with Crippen molar-refractivity contribution in [1.82, 2.24) is 14.8 Å². The Kier molecular flexibility index (Phi) is 6.23. The summed E-state index contributed by atoms with van der Waals surface area (Å²) in [5, 5.41) is 13.4. The second-order valence-corrected chi connectivity index (χ2v) is 8.56. The second-order valence-electron chi connectivity index (χ2n) is 8.56. The number of carbonyl (C=O) groups excluding carboxylic acids is 3. The maximum atomic E-state index is 13.2. The van der Waals surface area contributed by atoms with Gasteiger partial charge >= 0.3 is 6.03 Å². The summed E-state index contributed by atoms with van der Waals surface area (Å²) >= 11 is 0. The first-order chi connectivity index (χ1) is 16.2. The van der Waals surface area contributed by atoms with Crippen LogP contribution in [0, 0.1) is 24.0 Å². The van der Waals surface area contributed by atoms with Gasteiger partial charge in [0.2, 0.25) is 0 Å². The molecule has 1 aliphatic heterocycles. The number of nitro benzene ring substituents is 1. The van der Waals surface area contributed by atoms with E-state index in [-0.39, 0.29) is 17.3 Å². The highest BCUT2D eigenvalue weighted by atomic mass is 16.6. The highest BCUT2D eigenvalue weighted by Crippen LogP contribution is 2.33. The fraction of sp³-hybridized carbons (Fsp3) is 0.375. The van der Waals surface area contributed by atoms with Gasteiger partial charge in [-0.3, -0.25) is 29.9 Å². The van der Waals surface area contributed by atoms with E-state index in [1.54, 1.807) is 6.07 Å². The maximum absolute atomic E-state index is 13.2. The number of amides is 4. The molecule has 10 heteroatoms. The van der Waals surface area contributed by atoms with Crippen molar-refractivity contribution in [1.29, 1.82) is 0 Å². The molecule has 1 saturated heterocycles. The van der Waals surface area contributed by atoms with E-state index < -0.39 is 22.8 Å². The minimum absolute atomic E-state index is 0.0950. The number of non-ortho nitro benzene ring substituents is 1. The minimum atomic E-state index is -0.722. The average Bonchev–Trinajstić information content (AvgIpc) is 3.09. The summed E-state index contributed by atoms with van der Waals surface area (Å²) in [6, 6.07) is 5.26. The number of barbiturate groups is 1. The minimum Gasteiger partial charge on any atom is -0.494 e. The Morgan fingerprint density at radius 3 is 2.47 bits per heavy atom. The smallest absolute Gasteiger partial charge is 0.331 e. The third kappa shape index (κ3) is 4.07. The van der Waals surface area contributed by atoms with Crippen LogP contribution in [0.1, 0.15) is 49.1 Å². The van der Waals surface area contributed by atoms with E-state index in [9.17, 15) is 24.5 Å². The van der Waals surface area contributed by atoms with E-state index in [0.29, 0.717) is 22.7 Å². The summed E-state index contributed by atoms with van der Waals surface area (Å²) in [7, 11) is 1.43. The first-order valence-electron chi connectivity index (χ1n) is 11.1. The molecule has 0 atom stereocenters. The molecule has 0 radical (unpaired) electrons. The third-order valence-corrected chi connectivity index (χ3v) is 6.46. The molecule has 0 bridgehead atoms. The zero-order chi connectivity index (χ0) is 24.6. The van der Waals surface area contributed by atoms with Crippen LogP contribution in [0.3, 0.4) is 0 Å². The largest absolute Gasteiger partial charge is 0.494 e. The molecule has 0 unspecified atom stereocenters. The number of nitrogens with zero attached hydrogens (tertiary/aromatic N) is 3. The van der Waals surface area contributed by atoms with Crippen molar-refractivity contribution in [2.24, 2.45) is 0 Å². The van der Waals surface area contributed by atoms with E-state index in [1.807, 2.05) is 24.5 Å².